The SMILES string of the molecule is C=CCC(C=C)CCCCC1(CC)CC1.CC.CC. The highest BCUT2D eigenvalue weighted by Gasteiger charge is 2.39. The summed E-state index contributed by atoms with van der Waals surface area (Å²) in [6.07, 6.45) is 15.1. The lowest BCUT2D eigenvalue weighted by Gasteiger charge is -2.13. The van der Waals surface area contributed by atoms with Crippen molar-refractivity contribution in [1.29, 1.82) is 0 Å². The third-order valence-corrected chi connectivity index (χ3v) is 4.04. The Bertz CT molecular complexity index is 198. The second kappa shape index (κ2) is 13.9. The third kappa shape index (κ3) is 9.99. The Morgan fingerprint density at radius 2 is 1.63 bits per heavy atom. The van der Waals surface area contributed by atoms with Gasteiger partial charge in [0.2, 0.25) is 0 Å². The molecule has 0 radical (unpaired) electrons. The van der Waals surface area contributed by atoms with Crippen LogP contribution in [0.15, 0.2) is 25.3 Å². The maximum atomic E-state index is 3.89. The molecule has 0 heteroatoms. The standard InChI is InChI=1S/C15H26.2C2H6/c1-4-9-14(5-2)10-7-8-11-15(6-3)12-13-15;2*1-2/h4-5,14H,1-2,6-13H2,3H3;2*1-2H3. The van der Waals surface area contributed by atoms with E-state index in [4.69, 9.17) is 0 Å². The maximum absolute atomic E-state index is 3.89. The van der Waals surface area contributed by atoms with Gasteiger partial charge in [-0.25, -0.2) is 0 Å². The molecule has 1 fully saturated rings. The smallest absolute Gasteiger partial charge is 0.0202 e. The molecule has 0 aliphatic heterocycles. The van der Waals surface area contributed by atoms with Gasteiger partial charge < -0.3 is 0 Å². The zero-order valence-corrected chi connectivity index (χ0v) is 14.3. The van der Waals surface area contributed by atoms with Crippen molar-refractivity contribution in [2.45, 2.75) is 86.0 Å². The van der Waals surface area contributed by atoms with E-state index in [-0.39, 0.29) is 0 Å². The number of allylic oxidation sites excluding steroid dienone is 2. The van der Waals surface area contributed by atoms with Crippen LogP contribution >= 0.6 is 0 Å². The molecule has 0 aromatic heterocycles. The van der Waals surface area contributed by atoms with E-state index in [1.54, 1.807) is 0 Å². The van der Waals surface area contributed by atoms with Gasteiger partial charge in [0.15, 0.2) is 0 Å². The summed E-state index contributed by atoms with van der Waals surface area (Å²) in [5.74, 6) is 0.666. The molecule has 0 N–H and O–H groups in total. The first-order valence-electron chi connectivity index (χ1n) is 8.50. The lowest BCUT2D eigenvalue weighted by Crippen LogP contribution is -1.99. The number of hydrogen-bond donors (Lipinski definition) is 0. The Morgan fingerprint density at radius 3 is 2.00 bits per heavy atom. The van der Waals surface area contributed by atoms with Gasteiger partial charge in [0, 0.05) is 0 Å². The Morgan fingerprint density at radius 1 is 1.05 bits per heavy atom. The van der Waals surface area contributed by atoms with Gasteiger partial charge in [-0.15, -0.1) is 13.2 Å². The van der Waals surface area contributed by atoms with Gasteiger partial charge in [-0.3, -0.25) is 0 Å². The van der Waals surface area contributed by atoms with Crippen molar-refractivity contribution >= 4 is 0 Å². The highest BCUT2D eigenvalue weighted by molar-refractivity contribution is 4.91. The minimum atomic E-state index is 0.666. The van der Waals surface area contributed by atoms with Crippen LogP contribution in [0.25, 0.3) is 0 Å². The van der Waals surface area contributed by atoms with E-state index in [0.717, 1.165) is 11.8 Å². The first-order chi connectivity index (χ1) is 9.26. The van der Waals surface area contributed by atoms with Crippen molar-refractivity contribution < 1.29 is 0 Å². The minimum absolute atomic E-state index is 0.666. The van der Waals surface area contributed by atoms with E-state index in [2.05, 4.69) is 26.2 Å². The van der Waals surface area contributed by atoms with Crippen LogP contribution in [0.3, 0.4) is 0 Å². The molecule has 19 heavy (non-hydrogen) atoms. The minimum Gasteiger partial charge on any atom is -0.103 e. The molecule has 1 saturated carbocycles. The van der Waals surface area contributed by atoms with E-state index in [0.29, 0.717) is 5.92 Å². The molecule has 0 spiro atoms. The molecule has 1 aliphatic rings. The lowest BCUT2D eigenvalue weighted by atomic mass is 9.92. The van der Waals surface area contributed by atoms with Crippen molar-refractivity contribution in [2.75, 3.05) is 0 Å². The van der Waals surface area contributed by atoms with Gasteiger partial charge in [0.05, 0.1) is 0 Å². The van der Waals surface area contributed by atoms with Crippen LogP contribution in [-0.4, -0.2) is 0 Å². The highest BCUT2D eigenvalue weighted by atomic mass is 14.4. The van der Waals surface area contributed by atoms with Gasteiger partial charge in [-0.05, 0) is 43.4 Å². The second-order valence-electron chi connectivity index (χ2n) is 5.12. The second-order valence-corrected chi connectivity index (χ2v) is 5.12. The normalized spacial score (nSPS) is 16.1. The van der Waals surface area contributed by atoms with Crippen molar-refractivity contribution in [1.82, 2.24) is 0 Å². The van der Waals surface area contributed by atoms with Gasteiger partial charge >= 0.3 is 0 Å². The topological polar surface area (TPSA) is 0 Å². The molecule has 0 nitrogen and oxygen atoms in total. The zero-order valence-electron chi connectivity index (χ0n) is 14.3. The summed E-state index contributed by atoms with van der Waals surface area (Å²) in [6.45, 7) is 18.0. The molecular weight excluding hydrogens is 228 g/mol. The predicted octanol–water partition coefficient (Wildman–Crippen LogP) is 7.17. The fourth-order valence-electron chi connectivity index (χ4n) is 2.41. The monoisotopic (exact) mass is 266 g/mol. The summed E-state index contributed by atoms with van der Waals surface area (Å²) in [6, 6.07) is 0. The van der Waals surface area contributed by atoms with Crippen LogP contribution in [0.5, 0.6) is 0 Å². The third-order valence-electron chi connectivity index (χ3n) is 4.04. The Hall–Kier alpha value is -0.520. The molecule has 0 aromatic rings. The molecule has 0 amide bonds. The first kappa shape index (κ1) is 20.8. The fraction of sp³-hybridized carbons (Fsp3) is 0.789. The Labute approximate surface area is 123 Å². The molecule has 1 atom stereocenters. The fourth-order valence-corrected chi connectivity index (χ4v) is 2.41. The van der Waals surface area contributed by atoms with Crippen LogP contribution < -0.4 is 0 Å². The van der Waals surface area contributed by atoms with E-state index in [1.807, 2.05) is 33.8 Å². The van der Waals surface area contributed by atoms with Crippen molar-refractivity contribution in [3.63, 3.8) is 0 Å². The van der Waals surface area contributed by atoms with E-state index in [9.17, 15) is 0 Å². The summed E-state index contributed by atoms with van der Waals surface area (Å²) >= 11 is 0. The molecule has 1 rings (SSSR count). The summed E-state index contributed by atoms with van der Waals surface area (Å²) in [4.78, 5) is 0. The predicted molar refractivity (Wildman–Crippen MR) is 91.6 cm³/mol. The average Bonchev–Trinajstić information content (AvgIpc) is 3.27. The van der Waals surface area contributed by atoms with Gasteiger partial charge in [0.1, 0.15) is 0 Å². The molecule has 0 bridgehead atoms. The van der Waals surface area contributed by atoms with Gasteiger partial charge in [0.25, 0.3) is 0 Å². The van der Waals surface area contributed by atoms with Gasteiger partial charge in [-0.2, -0.15) is 0 Å². The quantitative estimate of drug-likeness (QED) is 0.306. The summed E-state index contributed by atoms with van der Waals surface area (Å²) in [5.41, 5.74) is 0.780. The first-order valence-corrected chi connectivity index (χ1v) is 8.50. The van der Waals surface area contributed by atoms with Crippen LogP contribution in [0, 0.1) is 11.3 Å². The van der Waals surface area contributed by atoms with E-state index in [1.165, 1.54) is 44.9 Å². The van der Waals surface area contributed by atoms with Gasteiger partial charge in [-0.1, -0.05) is 66.0 Å². The Balaban J connectivity index is 0. The maximum Gasteiger partial charge on any atom is -0.0202 e. The van der Waals surface area contributed by atoms with E-state index >= 15 is 0 Å². The molecule has 1 aliphatic carbocycles. The lowest BCUT2D eigenvalue weighted by molar-refractivity contribution is 0.411. The number of hydrogen-bond acceptors (Lipinski definition) is 0. The van der Waals surface area contributed by atoms with Crippen molar-refractivity contribution in [2.24, 2.45) is 11.3 Å². The number of rotatable bonds is 9. The molecule has 0 saturated heterocycles. The van der Waals surface area contributed by atoms with Crippen LogP contribution in [-0.2, 0) is 0 Å². The Kier molecular flexibility index (Phi) is 15.2. The molecule has 1 unspecified atom stereocenters. The highest BCUT2D eigenvalue weighted by Crippen LogP contribution is 2.52. The average molecular weight is 267 g/mol. The molecular formula is C19H38. The van der Waals surface area contributed by atoms with E-state index < -0.39 is 0 Å². The largest absolute Gasteiger partial charge is 0.103 e. The molecule has 0 aromatic carbocycles. The summed E-state index contributed by atoms with van der Waals surface area (Å²) in [5, 5.41) is 0. The van der Waals surface area contributed by atoms with Crippen molar-refractivity contribution in [3.05, 3.63) is 25.3 Å². The van der Waals surface area contributed by atoms with Crippen LogP contribution in [0.4, 0.5) is 0 Å². The van der Waals surface area contributed by atoms with Crippen LogP contribution in [0.2, 0.25) is 0 Å². The summed E-state index contributed by atoms with van der Waals surface area (Å²) in [7, 11) is 0. The van der Waals surface area contributed by atoms with Crippen molar-refractivity contribution in [3.8, 4) is 0 Å². The summed E-state index contributed by atoms with van der Waals surface area (Å²) < 4.78 is 0. The van der Waals surface area contributed by atoms with Crippen LogP contribution in [0.1, 0.15) is 86.0 Å². The molecule has 0 heterocycles. The number of unbranched alkanes of at least 4 members (excludes halogenated alkanes) is 1. The zero-order chi connectivity index (χ0) is 15.1. The molecule has 114 valence electrons.